The van der Waals surface area contributed by atoms with Crippen molar-refractivity contribution in [3.05, 3.63) is 68.8 Å². The molecule has 0 atom stereocenters. The second-order valence-corrected chi connectivity index (χ2v) is 6.38. The van der Waals surface area contributed by atoms with Crippen molar-refractivity contribution < 1.29 is 4.79 Å². The van der Waals surface area contributed by atoms with Crippen LogP contribution >= 0.6 is 22.6 Å². The SMILES string of the molecule is CC(C)Cc1ccc(C(=O)c2cccc(I)c2)cc1. The summed E-state index contributed by atoms with van der Waals surface area (Å²) >= 11 is 2.22. The Kier molecular flexibility index (Phi) is 4.75. The highest BCUT2D eigenvalue weighted by molar-refractivity contribution is 14.1. The Hall–Kier alpha value is -1.16. The summed E-state index contributed by atoms with van der Waals surface area (Å²) in [5.74, 6) is 0.729. The molecule has 2 heteroatoms. The van der Waals surface area contributed by atoms with Crippen molar-refractivity contribution in [3.63, 3.8) is 0 Å². The van der Waals surface area contributed by atoms with E-state index in [4.69, 9.17) is 0 Å². The van der Waals surface area contributed by atoms with E-state index in [-0.39, 0.29) is 5.78 Å². The number of carbonyl (C=O) groups excluding carboxylic acids is 1. The van der Waals surface area contributed by atoms with E-state index in [1.54, 1.807) is 0 Å². The van der Waals surface area contributed by atoms with Gasteiger partial charge in [0.25, 0.3) is 0 Å². The molecule has 0 bridgehead atoms. The molecule has 0 N–H and O–H groups in total. The van der Waals surface area contributed by atoms with Gasteiger partial charge < -0.3 is 0 Å². The van der Waals surface area contributed by atoms with Crippen LogP contribution in [0.4, 0.5) is 0 Å². The molecule has 1 nitrogen and oxygen atoms in total. The molecule has 0 aliphatic rings. The third kappa shape index (κ3) is 3.90. The molecule has 2 aromatic rings. The van der Waals surface area contributed by atoms with Crippen LogP contribution in [0.15, 0.2) is 48.5 Å². The molecule has 19 heavy (non-hydrogen) atoms. The first kappa shape index (κ1) is 14.3. The Morgan fingerprint density at radius 1 is 1.05 bits per heavy atom. The largest absolute Gasteiger partial charge is 0.289 e. The van der Waals surface area contributed by atoms with Crippen molar-refractivity contribution in [1.82, 2.24) is 0 Å². The summed E-state index contributed by atoms with van der Waals surface area (Å²) in [6.07, 6.45) is 1.05. The normalized spacial score (nSPS) is 10.7. The zero-order valence-corrected chi connectivity index (χ0v) is 13.3. The first-order chi connectivity index (χ1) is 9.06. The lowest BCUT2D eigenvalue weighted by atomic mass is 9.98. The van der Waals surface area contributed by atoms with E-state index in [1.807, 2.05) is 36.4 Å². The number of benzene rings is 2. The molecular formula is C17H17IO. The predicted molar refractivity (Wildman–Crippen MR) is 87.6 cm³/mol. The van der Waals surface area contributed by atoms with Gasteiger partial charge in [-0.25, -0.2) is 0 Å². The minimum atomic E-state index is 0.0922. The van der Waals surface area contributed by atoms with Crippen LogP contribution in [0.25, 0.3) is 0 Å². The predicted octanol–water partition coefficient (Wildman–Crippen LogP) is 4.72. The molecule has 0 saturated heterocycles. The molecule has 2 aromatic carbocycles. The summed E-state index contributed by atoms with van der Waals surface area (Å²) in [6, 6.07) is 15.7. The number of rotatable bonds is 4. The van der Waals surface area contributed by atoms with Crippen LogP contribution in [0, 0.1) is 9.49 Å². The quantitative estimate of drug-likeness (QED) is 0.567. The third-order valence-corrected chi connectivity index (χ3v) is 3.62. The molecule has 0 aromatic heterocycles. The van der Waals surface area contributed by atoms with Crippen LogP contribution < -0.4 is 0 Å². The van der Waals surface area contributed by atoms with Crippen molar-refractivity contribution in [2.24, 2.45) is 5.92 Å². The van der Waals surface area contributed by atoms with Gasteiger partial charge in [0.2, 0.25) is 0 Å². The fourth-order valence-electron chi connectivity index (χ4n) is 2.06. The summed E-state index contributed by atoms with van der Waals surface area (Å²) < 4.78 is 1.08. The molecule has 0 saturated carbocycles. The Labute approximate surface area is 128 Å². The number of ketones is 1. The zero-order chi connectivity index (χ0) is 13.8. The average Bonchev–Trinajstić information content (AvgIpc) is 2.38. The molecule has 0 heterocycles. The molecule has 0 fully saturated rings. The molecule has 98 valence electrons. The van der Waals surface area contributed by atoms with E-state index in [0.717, 1.165) is 21.1 Å². The second kappa shape index (κ2) is 6.33. The van der Waals surface area contributed by atoms with Gasteiger partial charge in [0, 0.05) is 14.7 Å². The van der Waals surface area contributed by atoms with Crippen LogP contribution in [0.1, 0.15) is 35.3 Å². The number of halogens is 1. The molecule has 0 aliphatic heterocycles. The third-order valence-electron chi connectivity index (χ3n) is 2.95. The van der Waals surface area contributed by atoms with Crippen LogP contribution in [0.2, 0.25) is 0 Å². The lowest BCUT2D eigenvalue weighted by molar-refractivity contribution is 0.103. The highest BCUT2D eigenvalue weighted by atomic mass is 127. The summed E-state index contributed by atoms with van der Waals surface area (Å²) in [5, 5.41) is 0. The number of hydrogen-bond acceptors (Lipinski definition) is 1. The van der Waals surface area contributed by atoms with Gasteiger partial charge in [0.05, 0.1) is 0 Å². The van der Waals surface area contributed by atoms with Crippen molar-refractivity contribution in [1.29, 1.82) is 0 Å². The van der Waals surface area contributed by atoms with Gasteiger partial charge in [-0.1, -0.05) is 50.2 Å². The Balaban J connectivity index is 2.20. The van der Waals surface area contributed by atoms with Gasteiger partial charge in [-0.3, -0.25) is 4.79 Å². The van der Waals surface area contributed by atoms with Crippen LogP contribution in [0.5, 0.6) is 0 Å². The van der Waals surface area contributed by atoms with Gasteiger partial charge in [-0.2, -0.15) is 0 Å². The average molecular weight is 364 g/mol. The minimum Gasteiger partial charge on any atom is -0.289 e. The smallest absolute Gasteiger partial charge is 0.193 e. The molecule has 0 aliphatic carbocycles. The van der Waals surface area contributed by atoms with Crippen molar-refractivity contribution >= 4 is 28.4 Å². The van der Waals surface area contributed by atoms with Crippen molar-refractivity contribution in [3.8, 4) is 0 Å². The summed E-state index contributed by atoms with van der Waals surface area (Å²) in [4.78, 5) is 12.3. The van der Waals surface area contributed by atoms with Crippen molar-refractivity contribution in [2.75, 3.05) is 0 Å². The lowest BCUT2D eigenvalue weighted by Crippen LogP contribution is -2.02. The van der Waals surface area contributed by atoms with E-state index in [1.165, 1.54) is 5.56 Å². The maximum Gasteiger partial charge on any atom is 0.193 e. The lowest BCUT2D eigenvalue weighted by Gasteiger charge is -2.06. The Morgan fingerprint density at radius 2 is 1.74 bits per heavy atom. The van der Waals surface area contributed by atoms with Gasteiger partial charge in [0.15, 0.2) is 5.78 Å². The van der Waals surface area contributed by atoms with E-state index < -0.39 is 0 Å². The van der Waals surface area contributed by atoms with Crippen LogP contribution in [-0.4, -0.2) is 5.78 Å². The summed E-state index contributed by atoms with van der Waals surface area (Å²) in [5.41, 5.74) is 2.80. The molecule has 2 rings (SSSR count). The molecule has 0 radical (unpaired) electrons. The van der Waals surface area contributed by atoms with Gasteiger partial charge >= 0.3 is 0 Å². The topological polar surface area (TPSA) is 17.1 Å². The second-order valence-electron chi connectivity index (χ2n) is 5.13. The van der Waals surface area contributed by atoms with Crippen LogP contribution in [-0.2, 0) is 6.42 Å². The highest BCUT2D eigenvalue weighted by Gasteiger charge is 2.09. The number of carbonyl (C=O) groups is 1. The Bertz CT molecular complexity index is 570. The monoisotopic (exact) mass is 364 g/mol. The molecule has 0 spiro atoms. The molecular weight excluding hydrogens is 347 g/mol. The van der Waals surface area contributed by atoms with E-state index >= 15 is 0 Å². The number of hydrogen-bond donors (Lipinski definition) is 0. The minimum absolute atomic E-state index is 0.0922. The van der Waals surface area contributed by atoms with E-state index in [2.05, 4.69) is 48.6 Å². The fraction of sp³-hybridized carbons (Fsp3) is 0.235. The first-order valence-corrected chi connectivity index (χ1v) is 7.53. The maximum absolute atomic E-state index is 12.3. The fourth-order valence-corrected chi connectivity index (χ4v) is 2.60. The van der Waals surface area contributed by atoms with E-state index in [9.17, 15) is 4.79 Å². The Morgan fingerprint density at radius 3 is 2.32 bits per heavy atom. The van der Waals surface area contributed by atoms with Gasteiger partial charge in [-0.15, -0.1) is 0 Å². The van der Waals surface area contributed by atoms with Crippen molar-refractivity contribution in [2.45, 2.75) is 20.3 Å². The molecule has 0 amide bonds. The maximum atomic E-state index is 12.3. The molecule has 0 unspecified atom stereocenters. The zero-order valence-electron chi connectivity index (χ0n) is 11.2. The summed E-state index contributed by atoms with van der Waals surface area (Å²) in [6.45, 7) is 4.40. The van der Waals surface area contributed by atoms with Crippen LogP contribution in [0.3, 0.4) is 0 Å². The van der Waals surface area contributed by atoms with Gasteiger partial charge in [0.1, 0.15) is 0 Å². The standard InChI is InChI=1S/C17H17IO/c1-12(2)10-13-6-8-14(9-7-13)17(19)15-4-3-5-16(18)11-15/h3-9,11-12H,10H2,1-2H3. The highest BCUT2D eigenvalue weighted by Crippen LogP contribution is 2.15. The van der Waals surface area contributed by atoms with E-state index in [0.29, 0.717) is 5.92 Å². The van der Waals surface area contributed by atoms with Gasteiger partial charge in [-0.05, 0) is 52.6 Å². The first-order valence-electron chi connectivity index (χ1n) is 6.45. The summed E-state index contributed by atoms with van der Waals surface area (Å²) in [7, 11) is 0.